The van der Waals surface area contributed by atoms with E-state index in [1.807, 2.05) is 47.1 Å². The first-order chi connectivity index (χ1) is 17.0. The predicted molar refractivity (Wildman–Crippen MR) is 131 cm³/mol. The number of fused-ring (bicyclic) bond motifs is 1. The van der Waals surface area contributed by atoms with Gasteiger partial charge in [-0.3, -0.25) is 9.97 Å². The van der Waals surface area contributed by atoms with E-state index in [2.05, 4.69) is 36.9 Å². The molecule has 0 bridgehead atoms. The molecule has 0 spiro atoms. The van der Waals surface area contributed by atoms with Crippen molar-refractivity contribution in [1.82, 2.24) is 44.6 Å². The third kappa shape index (κ3) is 4.06. The number of aryl methyl sites for hydroxylation is 1. The number of likely N-dealkylation sites (N-methyl/N-ethyl adjacent to an activating group) is 1. The van der Waals surface area contributed by atoms with Crippen molar-refractivity contribution >= 4 is 6.03 Å². The maximum Gasteiger partial charge on any atom is 0.320 e. The quantitative estimate of drug-likeness (QED) is 0.477. The highest BCUT2D eigenvalue weighted by molar-refractivity contribution is 5.78. The molecule has 0 atom stereocenters. The van der Waals surface area contributed by atoms with Crippen molar-refractivity contribution in [2.75, 3.05) is 33.2 Å². The minimum atomic E-state index is 0.0852. The Labute approximate surface area is 203 Å². The van der Waals surface area contributed by atoms with Crippen LogP contribution in [0.5, 0.6) is 0 Å². The molecule has 0 radical (unpaired) electrons. The van der Waals surface area contributed by atoms with Crippen LogP contribution in [0.25, 0.3) is 34.2 Å². The fraction of sp³-hybridized carbons (Fsp3) is 0.320. The van der Waals surface area contributed by atoms with E-state index in [9.17, 15) is 4.79 Å². The average molecular weight is 470 g/mol. The largest absolute Gasteiger partial charge is 0.343 e. The van der Waals surface area contributed by atoms with Crippen molar-refractivity contribution < 1.29 is 4.79 Å². The zero-order valence-electron chi connectivity index (χ0n) is 19.8. The van der Waals surface area contributed by atoms with Gasteiger partial charge >= 0.3 is 6.03 Å². The Hall–Kier alpha value is -4.05. The lowest BCUT2D eigenvalue weighted by Gasteiger charge is -2.34. The SMILES string of the molecule is Cc1cccc(-c2[nH]cnc2-c2ccnc(-c3nc4c([nH]3)CN(C(=O)N3CCN(C)CC3)C4)c2)n1. The van der Waals surface area contributed by atoms with Crippen molar-refractivity contribution in [2.45, 2.75) is 20.0 Å². The minimum absolute atomic E-state index is 0.0852. The fourth-order valence-electron chi connectivity index (χ4n) is 4.69. The second-order valence-corrected chi connectivity index (χ2v) is 9.16. The lowest BCUT2D eigenvalue weighted by molar-refractivity contribution is 0.121. The number of imidazole rings is 2. The molecular formula is C25H27N9O. The van der Waals surface area contributed by atoms with E-state index < -0.39 is 0 Å². The molecule has 0 aliphatic carbocycles. The third-order valence-electron chi connectivity index (χ3n) is 6.66. The Morgan fingerprint density at radius 3 is 2.63 bits per heavy atom. The van der Waals surface area contributed by atoms with E-state index in [1.54, 1.807) is 12.5 Å². The summed E-state index contributed by atoms with van der Waals surface area (Å²) in [5.74, 6) is 0.703. The molecule has 1 fully saturated rings. The van der Waals surface area contributed by atoms with Crippen molar-refractivity contribution in [3.05, 3.63) is 59.9 Å². The number of piperazine rings is 1. The second-order valence-electron chi connectivity index (χ2n) is 9.16. The summed E-state index contributed by atoms with van der Waals surface area (Å²) in [4.78, 5) is 44.1. The maximum absolute atomic E-state index is 12.9. The molecule has 10 nitrogen and oxygen atoms in total. The highest BCUT2D eigenvalue weighted by Crippen LogP contribution is 2.31. The molecule has 2 aliphatic heterocycles. The molecule has 35 heavy (non-hydrogen) atoms. The molecule has 1 saturated heterocycles. The zero-order valence-corrected chi connectivity index (χ0v) is 19.8. The number of amides is 2. The smallest absolute Gasteiger partial charge is 0.320 e. The topological polar surface area (TPSA) is 110 Å². The summed E-state index contributed by atoms with van der Waals surface area (Å²) in [7, 11) is 2.09. The van der Waals surface area contributed by atoms with Gasteiger partial charge in [0.25, 0.3) is 0 Å². The number of hydrogen-bond acceptors (Lipinski definition) is 6. The van der Waals surface area contributed by atoms with Gasteiger partial charge in [0.2, 0.25) is 0 Å². The minimum Gasteiger partial charge on any atom is -0.343 e. The van der Waals surface area contributed by atoms with Crippen molar-refractivity contribution in [1.29, 1.82) is 0 Å². The Kier molecular flexibility index (Phi) is 5.29. The lowest BCUT2D eigenvalue weighted by Crippen LogP contribution is -2.50. The van der Waals surface area contributed by atoms with Gasteiger partial charge in [0, 0.05) is 43.6 Å². The summed E-state index contributed by atoms with van der Waals surface area (Å²) < 4.78 is 0. The van der Waals surface area contributed by atoms with E-state index in [0.717, 1.165) is 71.6 Å². The number of nitrogens with zero attached hydrogens (tertiary/aromatic N) is 7. The first kappa shape index (κ1) is 21.5. The Morgan fingerprint density at radius 2 is 1.83 bits per heavy atom. The van der Waals surface area contributed by atoms with Gasteiger partial charge in [0.15, 0.2) is 5.82 Å². The number of nitrogens with one attached hydrogen (secondary N) is 2. The fourth-order valence-corrected chi connectivity index (χ4v) is 4.69. The number of aromatic amines is 2. The van der Waals surface area contributed by atoms with Gasteiger partial charge in [-0.15, -0.1) is 0 Å². The van der Waals surface area contributed by atoms with E-state index >= 15 is 0 Å². The number of hydrogen-bond donors (Lipinski definition) is 2. The molecule has 178 valence electrons. The number of carbonyl (C=O) groups excluding carboxylic acids is 1. The van der Waals surface area contributed by atoms with Gasteiger partial charge in [-0.1, -0.05) is 6.07 Å². The van der Waals surface area contributed by atoms with Crippen LogP contribution in [0.15, 0.2) is 42.9 Å². The first-order valence-electron chi connectivity index (χ1n) is 11.8. The standard InChI is InChI=1S/C25H27N9O/c1-16-4-3-5-18(29-16)23-22(27-15-28-23)17-6-7-26-19(12-17)24-30-20-13-34(14-21(20)31-24)25(35)33-10-8-32(2)9-11-33/h3-7,12,15H,8-11,13-14H2,1-2H3,(H,27,28)(H,30,31). The van der Waals surface area contributed by atoms with Gasteiger partial charge in [-0.05, 0) is 38.2 Å². The number of H-pyrrole nitrogens is 2. The third-order valence-corrected chi connectivity index (χ3v) is 6.66. The molecule has 0 aromatic carbocycles. The summed E-state index contributed by atoms with van der Waals surface area (Å²) >= 11 is 0. The van der Waals surface area contributed by atoms with E-state index in [1.165, 1.54) is 0 Å². The summed E-state index contributed by atoms with van der Waals surface area (Å²) in [5.41, 5.74) is 7.01. The molecule has 0 saturated carbocycles. The normalized spacial score (nSPS) is 16.1. The molecule has 6 heterocycles. The Balaban J connectivity index is 1.22. The molecule has 2 amide bonds. The van der Waals surface area contributed by atoms with Crippen LogP contribution < -0.4 is 0 Å². The number of pyridine rings is 2. The summed E-state index contributed by atoms with van der Waals surface area (Å²) in [6.45, 7) is 6.37. The van der Waals surface area contributed by atoms with Crippen LogP contribution in [0, 0.1) is 6.92 Å². The van der Waals surface area contributed by atoms with Gasteiger partial charge in [0.1, 0.15) is 5.69 Å². The molecule has 2 aliphatic rings. The van der Waals surface area contributed by atoms with Crippen LogP contribution in [-0.2, 0) is 13.1 Å². The molecule has 10 heteroatoms. The molecule has 4 aromatic heterocycles. The lowest BCUT2D eigenvalue weighted by atomic mass is 10.1. The van der Waals surface area contributed by atoms with Crippen LogP contribution in [-0.4, -0.2) is 83.9 Å². The second kappa shape index (κ2) is 8.62. The first-order valence-corrected chi connectivity index (χ1v) is 11.8. The highest BCUT2D eigenvalue weighted by Gasteiger charge is 2.31. The molecule has 2 N–H and O–H groups in total. The van der Waals surface area contributed by atoms with Crippen molar-refractivity contribution in [3.8, 4) is 34.2 Å². The molecular weight excluding hydrogens is 442 g/mol. The van der Waals surface area contributed by atoms with Crippen molar-refractivity contribution in [3.63, 3.8) is 0 Å². The van der Waals surface area contributed by atoms with E-state index in [-0.39, 0.29) is 6.03 Å². The maximum atomic E-state index is 12.9. The van der Waals surface area contributed by atoms with Crippen LogP contribution in [0.3, 0.4) is 0 Å². The average Bonchev–Trinajstić information content (AvgIpc) is 3.59. The number of urea groups is 1. The number of rotatable bonds is 3. The molecule has 4 aromatic rings. The predicted octanol–water partition coefficient (Wildman–Crippen LogP) is 2.92. The van der Waals surface area contributed by atoms with Crippen molar-refractivity contribution in [2.24, 2.45) is 0 Å². The van der Waals surface area contributed by atoms with E-state index in [4.69, 9.17) is 4.98 Å². The molecule has 0 unspecified atom stereocenters. The van der Waals surface area contributed by atoms with Crippen LogP contribution >= 0.6 is 0 Å². The van der Waals surface area contributed by atoms with E-state index in [0.29, 0.717) is 18.9 Å². The van der Waals surface area contributed by atoms with Crippen LogP contribution in [0.2, 0.25) is 0 Å². The zero-order chi connectivity index (χ0) is 23.9. The number of carbonyl (C=O) groups is 1. The monoisotopic (exact) mass is 469 g/mol. The summed E-state index contributed by atoms with van der Waals surface area (Å²) in [6, 6.07) is 9.94. The van der Waals surface area contributed by atoms with Gasteiger partial charge < -0.3 is 24.7 Å². The van der Waals surface area contributed by atoms with Crippen LogP contribution in [0.1, 0.15) is 17.1 Å². The molecule has 6 rings (SSSR count). The van der Waals surface area contributed by atoms with Gasteiger partial charge in [-0.25, -0.2) is 14.8 Å². The summed E-state index contributed by atoms with van der Waals surface area (Å²) in [5, 5.41) is 0. The van der Waals surface area contributed by atoms with Crippen LogP contribution in [0.4, 0.5) is 4.79 Å². The Bertz CT molecular complexity index is 1360. The number of aromatic nitrogens is 6. The summed E-state index contributed by atoms with van der Waals surface area (Å²) in [6.07, 6.45) is 3.45. The van der Waals surface area contributed by atoms with Gasteiger partial charge in [0.05, 0.1) is 47.9 Å². The Morgan fingerprint density at radius 1 is 0.971 bits per heavy atom. The van der Waals surface area contributed by atoms with Gasteiger partial charge in [-0.2, -0.15) is 0 Å². The highest BCUT2D eigenvalue weighted by atomic mass is 16.2.